The van der Waals surface area contributed by atoms with Crippen molar-refractivity contribution >= 4 is 29.7 Å². The molecule has 0 aromatic heterocycles. The summed E-state index contributed by atoms with van der Waals surface area (Å²) in [6.07, 6.45) is 4.25. The van der Waals surface area contributed by atoms with Crippen LogP contribution in [0, 0.1) is 28.6 Å². The van der Waals surface area contributed by atoms with Crippen LogP contribution in [0.25, 0.3) is 0 Å². The molecule has 4 aliphatic rings. The summed E-state index contributed by atoms with van der Waals surface area (Å²) in [6.45, 7) is 8.79. The Hall–Kier alpha value is -2.71. The Bertz CT molecular complexity index is 1060. The number of hydrogen-bond acceptors (Lipinski definition) is 9. The third kappa shape index (κ3) is 5.13. The van der Waals surface area contributed by atoms with Crippen molar-refractivity contribution < 1.29 is 42.9 Å². The lowest BCUT2D eigenvalue weighted by Crippen LogP contribution is -2.62. The molecule has 9 heteroatoms. The second-order valence-corrected chi connectivity index (χ2v) is 12.4. The van der Waals surface area contributed by atoms with Crippen molar-refractivity contribution in [2.75, 3.05) is 13.2 Å². The van der Waals surface area contributed by atoms with Crippen molar-refractivity contribution in [3.63, 3.8) is 0 Å². The quantitative estimate of drug-likeness (QED) is 0.286. The van der Waals surface area contributed by atoms with Crippen molar-refractivity contribution in [2.24, 2.45) is 28.6 Å². The van der Waals surface area contributed by atoms with Crippen LogP contribution in [0.3, 0.4) is 0 Å². The predicted octanol–water partition coefficient (Wildman–Crippen LogP) is 5.52. The van der Waals surface area contributed by atoms with E-state index in [1.165, 1.54) is 0 Å². The average molecular weight is 547 g/mol. The summed E-state index contributed by atoms with van der Waals surface area (Å²) < 4.78 is 21.3. The highest BCUT2D eigenvalue weighted by Gasteiger charge is 2.71. The smallest absolute Gasteiger partial charge is 0.434 e. The van der Waals surface area contributed by atoms with E-state index in [1.54, 1.807) is 19.9 Å². The van der Waals surface area contributed by atoms with Gasteiger partial charge >= 0.3 is 12.3 Å². The fourth-order valence-electron chi connectivity index (χ4n) is 7.99. The van der Waals surface area contributed by atoms with Crippen molar-refractivity contribution in [3.8, 4) is 0 Å². The molecule has 216 valence electrons. The topological polar surface area (TPSA) is 122 Å². The molecule has 0 N–H and O–H groups in total. The molecule has 0 unspecified atom stereocenters. The van der Waals surface area contributed by atoms with Crippen LogP contribution in [-0.2, 0) is 33.3 Å². The van der Waals surface area contributed by atoms with E-state index in [2.05, 4.69) is 6.92 Å². The highest BCUT2D eigenvalue weighted by molar-refractivity contribution is 5.95. The summed E-state index contributed by atoms with van der Waals surface area (Å²) in [5, 5.41) is 0. The molecule has 0 radical (unpaired) electrons. The zero-order valence-corrected chi connectivity index (χ0v) is 23.8. The summed E-state index contributed by atoms with van der Waals surface area (Å²) in [6, 6.07) is 0. The number of Topliss-reactive ketones (excluding diaryl/α,β-unsaturated/α-hetero) is 2. The maximum absolute atomic E-state index is 14.0. The number of rotatable bonds is 8. The number of ether oxygens (including phenoxy) is 4. The van der Waals surface area contributed by atoms with Crippen LogP contribution in [0.1, 0.15) is 92.4 Å². The van der Waals surface area contributed by atoms with Gasteiger partial charge in [-0.05, 0) is 75.7 Å². The van der Waals surface area contributed by atoms with E-state index in [9.17, 15) is 24.0 Å². The first-order valence-electron chi connectivity index (χ1n) is 14.4. The lowest BCUT2D eigenvalue weighted by molar-refractivity contribution is -0.175. The number of fused-ring (bicyclic) bond motifs is 5. The van der Waals surface area contributed by atoms with Crippen molar-refractivity contribution in [2.45, 2.75) is 104 Å². The minimum absolute atomic E-state index is 0.00665. The van der Waals surface area contributed by atoms with Crippen molar-refractivity contribution in [1.82, 2.24) is 0 Å². The van der Waals surface area contributed by atoms with Crippen LogP contribution >= 0.6 is 0 Å². The van der Waals surface area contributed by atoms with Gasteiger partial charge in [0.15, 0.2) is 18.0 Å². The highest BCUT2D eigenvalue weighted by atomic mass is 16.7. The second-order valence-electron chi connectivity index (χ2n) is 12.4. The number of ketones is 3. The molecule has 6 atom stereocenters. The molecule has 9 nitrogen and oxygen atoms in total. The molecule has 0 aromatic carbocycles. The Morgan fingerprint density at radius 1 is 1.03 bits per heavy atom. The number of allylic oxidation sites excluding steroid dienone is 1. The molecule has 39 heavy (non-hydrogen) atoms. The summed E-state index contributed by atoms with van der Waals surface area (Å²) in [7, 11) is 0. The fraction of sp³-hybridized carbons (Fsp3) is 0.767. The molecule has 4 rings (SSSR count). The van der Waals surface area contributed by atoms with E-state index in [0.717, 1.165) is 24.8 Å². The van der Waals surface area contributed by atoms with Gasteiger partial charge in [0.2, 0.25) is 5.78 Å². The molecule has 0 bridgehead atoms. The first-order chi connectivity index (χ1) is 18.4. The van der Waals surface area contributed by atoms with Gasteiger partial charge in [0.1, 0.15) is 5.78 Å². The second kappa shape index (κ2) is 11.0. The number of carbonyl (C=O) groups excluding carboxylic acids is 5. The summed E-state index contributed by atoms with van der Waals surface area (Å²) in [5.74, 6) is -0.742. The van der Waals surface area contributed by atoms with Gasteiger partial charge in [-0.1, -0.05) is 32.8 Å². The lowest BCUT2D eigenvalue weighted by atomic mass is 9.46. The van der Waals surface area contributed by atoms with Gasteiger partial charge in [-0.2, -0.15) is 0 Å². The Kier molecular flexibility index (Phi) is 8.29. The minimum atomic E-state index is -1.67. The highest BCUT2D eigenvalue weighted by Crippen LogP contribution is 2.67. The molecule has 3 fully saturated rings. The van der Waals surface area contributed by atoms with Crippen LogP contribution in [-0.4, -0.2) is 54.6 Å². The average Bonchev–Trinajstić information content (AvgIpc) is 3.14. The van der Waals surface area contributed by atoms with Crippen LogP contribution in [0.4, 0.5) is 9.59 Å². The Balaban J connectivity index is 1.65. The first-order valence-corrected chi connectivity index (χ1v) is 14.4. The molecule has 4 aliphatic carbocycles. The molecule has 0 amide bonds. The molecule has 3 saturated carbocycles. The Morgan fingerprint density at radius 2 is 1.77 bits per heavy atom. The van der Waals surface area contributed by atoms with E-state index >= 15 is 0 Å². The lowest BCUT2D eigenvalue weighted by Gasteiger charge is -2.57. The number of unbranched alkanes of at least 4 members (excludes halogenated alkanes) is 1. The maximum atomic E-state index is 14.0. The van der Waals surface area contributed by atoms with Gasteiger partial charge in [0.25, 0.3) is 0 Å². The van der Waals surface area contributed by atoms with Gasteiger partial charge in [-0.25, -0.2) is 9.59 Å². The van der Waals surface area contributed by atoms with Crippen LogP contribution in [0.15, 0.2) is 11.6 Å². The maximum Gasteiger partial charge on any atom is 0.509 e. The standard InChI is InChI=1S/C30H42O9/c1-6-7-14-36-27(35)39-30(24(33)17-37-26(34)38-18(2)3)13-11-22-21-9-8-19-15-20(31)10-12-28(19,4)25(21)23(32)16-29(22,30)5/h15,18,21-22,25H,6-14,16-17H2,1-5H3/t21-,22-,25+,28-,29-,30-/m0/s1. The fourth-order valence-corrected chi connectivity index (χ4v) is 7.99. The van der Waals surface area contributed by atoms with Gasteiger partial charge in [0.05, 0.1) is 12.7 Å². The van der Waals surface area contributed by atoms with E-state index in [0.29, 0.717) is 25.7 Å². The number of carbonyl (C=O) groups is 5. The molecule has 0 spiro atoms. The molecule has 0 heterocycles. The van der Waals surface area contributed by atoms with Crippen LogP contribution in [0.5, 0.6) is 0 Å². The van der Waals surface area contributed by atoms with Crippen molar-refractivity contribution in [1.29, 1.82) is 0 Å². The Morgan fingerprint density at radius 3 is 2.46 bits per heavy atom. The van der Waals surface area contributed by atoms with E-state index in [4.69, 9.17) is 18.9 Å². The van der Waals surface area contributed by atoms with Crippen LogP contribution < -0.4 is 0 Å². The molecular formula is C30H42O9. The summed E-state index contributed by atoms with van der Waals surface area (Å²) in [5.41, 5.74) is -1.97. The summed E-state index contributed by atoms with van der Waals surface area (Å²) in [4.78, 5) is 64.9. The van der Waals surface area contributed by atoms with Gasteiger partial charge in [0, 0.05) is 24.2 Å². The summed E-state index contributed by atoms with van der Waals surface area (Å²) >= 11 is 0. The van der Waals surface area contributed by atoms with Crippen LogP contribution in [0.2, 0.25) is 0 Å². The molecule has 0 saturated heterocycles. The predicted molar refractivity (Wildman–Crippen MR) is 140 cm³/mol. The third-order valence-corrected chi connectivity index (χ3v) is 9.85. The Labute approximate surface area is 230 Å². The van der Waals surface area contributed by atoms with E-state index in [-0.39, 0.29) is 54.2 Å². The molecule has 0 aliphatic heterocycles. The monoisotopic (exact) mass is 546 g/mol. The molecular weight excluding hydrogens is 504 g/mol. The SMILES string of the molecule is CCCCOC(=O)O[C@]1(C(=O)COC(=O)OC(C)C)CC[C@H]2[C@@H]3CCC4=CC(=O)CC[C@]4(C)[C@H]3C(=O)C[C@@]21C. The first kappa shape index (κ1) is 29.3. The zero-order valence-electron chi connectivity index (χ0n) is 23.8. The van der Waals surface area contributed by atoms with E-state index in [1.807, 2.05) is 13.8 Å². The minimum Gasteiger partial charge on any atom is -0.434 e. The largest absolute Gasteiger partial charge is 0.509 e. The van der Waals surface area contributed by atoms with Gasteiger partial charge in [-0.15, -0.1) is 0 Å². The van der Waals surface area contributed by atoms with E-state index < -0.39 is 41.8 Å². The number of hydrogen-bond donors (Lipinski definition) is 0. The molecule has 0 aromatic rings. The normalized spacial score (nSPS) is 35.3. The van der Waals surface area contributed by atoms with Gasteiger partial charge < -0.3 is 18.9 Å². The third-order valence-electron chi connectivity index (χ3n) is 9.85. The van der Waals surface area contributed by atoms with Gasteiger partial charge in [-0.3, -0.25) is 14.4 Å². The zero-order chi connectivity index (χ0) is 28.6. The van der Waals surface area contributed by atoms with Crippen molar-refractivity contribution in [3.05, 3.63) is 11.6 Å².